The van der Waals surface area contributed by atoms with E-state index in [-0.39, 0.29) is 17.6 Å². The summed E-state index contributed by atoms with van der Waals surface area (Å²) in [5.41, 5.74) is 1.08. The zero-order chi connectivity index (χ0) is 15.8. The number of carboxylic acids is 1. The van der Waals surface area contributed by atoms with Crippen molar-refractivity contribution in [1.82, 2.24) is 10.2 Å². The normalized spacial score (nSPS) is 10.5. The van der Waals surface area contributed by atoms with Crippen molar-refractivity contribution in [3.8, 4) is 0 Å². The third-order valence-corrected chi connectivity index (χ3v) is 3.07. The van der Waals surface area contributed by atoms with E-state index in [0.29, 0.717) is 19.7 Å². The molecule has 0 spiro atoms. The summed E-state index contributed by atoms with van der Waals surface area (Å²) in [7, 11) is 1.60. The van der Waals surface area contributed by atoms with Crippen molar-refractivity contribution >= 4 is 12.0 Å². The molecule has 1 aromatic rings. The highest BCUT2D eigenvalue weighted by atomic mass is 16.5. The van der Waals surface area contributed by atoms with Gasteiger partial charge in [-0.2, -0.15) is 0 Å². The number of nitrogens with zero attached hydrogens (tertiary/aromatic N) is 1. The minimum Gasteiger partial charge on any atom is -0.478 e. The van der Waals surface area contributed by atoms with Crippen molar-refractivity contribution in [3.63, 3.8) is 0 Å². The van der Waals surface area contributed by atoms with E-state index in [1.54, 1.807) is 24.1 Å². The Morgan fingerprint density at radius 3 is 2.38 bits per heavy atom. The van der Waals surface area contributed by atoms with Crippen molar-refractivity contribution in [2.75, 3.05) is 20.3 Å². The number of hydrogen-bond acceptors (Lipinski definition) is 3. The lowest BCUT2D eigenvalue weighted by molar-refractivity contribution is 0.0697. The van der Waals surface area contributed by atoms with Crippen LogP contribution in [0, 0.1) is 0 Å². The van der Waals surface area contributed by atoms with Crippen LogP contribution in [0.3, 0.4) is 0 Å². The standard InChI is InChI=1S/C15H22N2O4/c1-11(2)17(8-9-21-3)15(20)16-10-12-4-6-13(7-5-12)14(18)19/h4-7,11H,8-10H2,1-3H3,(H,16,20)(H,18,19). The summed E-state index contributed by atoms with van der Waals surface area (Å²) in [6, 6.07) is 6.35. The first-order valence-electron chi connectivity index (χ1n) is 6.81. The average Bonchev–Trinajstić information content (AvgIpc) is 2.45. The van der Waals surface area contributed by atoms with E-state index in [0.717, 1.165) is 5.56 Å². The highest BCUT2D eigenvalue weighted by Gasteiger charge is 2.16. The molecule has 1 aromatic carbocycles. The third-order valence-electron chi connectivity index (χ3n) is 3.07. The highest BCUT2D eigenvalue weighted by Crippen LogP contribution is 2.05. The predicted molar refractivity (Wildman–Crippen MR) is 79.4 cm³/mol. The number of carboxylic acid groups (broad SMARTS) is 1. The van der Waals surface area contributed by atoms with E-state index in [4.69, 9.17) is 9.84 Å². The Kier molecular flexibility index (Phi) is 6.68. The van der Waals surface area contributed by atoms with E-state index >= 15 is 0 Å². The van der Waals surface area contributed by atoms with Crippen LogP contribution in [-0.2, 0) is 11.3 Å². The van der Waals surface area contributed by atoms with E-state index < -0.39 is 5.97 Å². The fourth-order valence-corrected chi connectivity index (χ4v) is 1.83. The number of carbonyl (C=O) groups is 2. The zero-order valence-electron chi connectivity index (χ0n) is 12.6. The van der Waals surface area contributed by atoms with Gasteiger partial charge in [0.25, 0.3) is 0 Å². The van der Waals surface area contributed by atoms with Gasteiger partial charge in [-0.05, 0) is 31.5 Å². The van der Waals surface area contributed by atoms with Crippen LogP contribution in [0.15, 0.2) is 24.3 Å². The molecule has 0 fully saturated rings. The molecule has 2 N–H and O–H groups in total. The first-order valence-corrected chi connectivity index (χ1v) is 6.81. The quantitative estimate of drug-likeness (QED) is 0.805. The molecule has 0 saturated carbocycles. The molecule has 116 valence electrons. The maximum absolute atomic E-state index is 12.1. The van der Waals surface area contributed by atoms with Gasteiger partial charge in [-0.3, -0.25) is 0 Å². The SMILES string of the molecule is COCCN(C(=O)NCc1ccc(C(=O)O)cc1)C(C)C. The molecule has 0 aliphatic heterocycles. The first kappa shape index (κ1) is 17.0. The Bertz CT molecular complexity index is 471. The lowest BCUT2D eigenvalue weighted by atomic mass is 10.1. The second kappa shape index (κ2) is 8.26. The molecule has 0 saturated heterocycles. The van der Waals surface area contributed by atoms with Crippen molar-refractivity contribution in [2.45, 2.75) is 26.4 Å². The van der Waals surface area contributed by atoms with Crippen LogP contribution in [0.25, 0.3) is 0 Å². The molecule has 0 atom stereocenters. The molecule has 1 rings (SSSR count). The fourth-order valence-electron chi connectivity index (χ4n) is 1.83. The van der Waals surface area contributed by atoms with Crippen molar-refractivity contribution in [2.24, 2.45) is 0 Å². The second-order valence-corrected chi connectivity index (χ2v) is 4.94. The van der Waals surface area contributed by atoms with Crippen LogP contribution in [0.4, 0.5) is 4.79 Å². The highest BCUT2D eigenvalue weighted by molar-refractivity contribution is 5.87. The van der Waals surface area contributed by atoms with Gasteiger partial charge in [-0.1, -0.05) is 12.1 Å². The van der Waals surface area contributed by atoms with E-state index in [1.165, 1.54) is 12.1 Å². The van der Waals surface area contributed by atoms with Crippen LogP contribution in [0.1, 0.15) is 29.8 Å². The lowest BCUT2D eigenvalue weighted by Crippen LogP contribution is -2.45. The Labute approximate surface area is 124 Å². The smallest absolute Gasteiger partial charge is 0.335 e. The number of benzene rings is 1. The number of rotatable bonds is 7. The summed E-state index contributed by atoms with van der Waals surface area (Å²) < 4.78 is 4.99. The molecule has 6 heteroatoms. The molecule has 21 heavy (non-hydrogen) atoms. The van der Waals surface area contributed by atoms with Crippen LogP contribution < -0.4 is 5.32 Å². The van der Waals surface area contributed by atoms with Gasteiger partial charge in [0, 0.05) is 26.2 Å². The molecule has 0 aliphatic rings. The topological polar surface area (TPSA) is 78.9 Å². The number of nitrogens with one attached hydrogen (secondary N) is 1. The first-order chi connectivity index (χ1) is 9.95. The van der Waals surface area contributed by atoms with Gasteiger partial charge in [0.05, 0.1) is 12.2 Å². The second-order valence-electron chi connectivity index (χ2n) is 4.94. The molecule has 2 amide bonds. The molecule has 0 aliphatic carbocycles. The van der Waals surface area contributed by atoms with Crippen LogP contribution in [0.5, 0.6) is 0 Å². The number of carbonyl (C=O) groups excluding carboxylic acids is 1. The Balaban J connectivity index is 2.55. The predicted octanol–water partition coefficient (Wildman–Crippen LogP) is 1.95. The summed E-state index contributed by atoms with van der Waals surface area (Å²) in [6.07, 6.45) is 0. The number of urea groups is 1. The van der Waals surface area contributed by atoms with E-state index in [1.807, 2.05) is 13.8 Å². The summed E-state index contributed by atoms with van der Waals surface area (Å²) in [5, 5.41) is 11.6. The zero-order valence-corrected chi connectivity index (χ0v) is 12.6. The van der Waals surface area contributed by atoms with Gasteiger partial charge in [0.2, 0.25) is 0 Å². The number of aromatic carboxylic acids is 1. The maximum atomic E-state index is 12.1. The molecule has 0 bridgehead atoms. The third kappa shape index (κ3) is 5.43. The number of hydrogen-bond donors (Lipinski definition) is 2. The Morgan fingerprint density at radius 2 is 1.90 bits per heavy atom. The minimum absolute atomic E-state index is 0.0783. The van der Waals surface area contributed by atoms with Crippen LogP contribution in [0.2, 0.25) is 0 Å². The maximum Gasteiger partial charge on any atom is 0.335 e. The summed E-state index contributed by atoms with van der Waals surface area (Å²) in [6.45, 7) is 5.25. The number of methoxy groups -OCH3 is 1. The molecular formula is C15H22N2O4. The summed E-state index contributed by atoms with van der Waals surface area (Å²) in [4.78, 5) is 24.5. The largest absolute Gasteiger partial charge is 0.478 e. The van der Waals surface area contributed by atoms with Crippen molar-refractivity contribution in [3.05, 3.63) is 35.4 Å². The van der Waals surface area contributed by atoms with Crippen LogP contribution in [-0.4, -0.2) is 48.3 Å². The molecule has 0 radical (unpaired) electrons. The number of amides is 2. The van der Waals surface area contributed by atoms with Gasteiger partial charge >= 0.3 is 12.0 Å². The fraction of sp³-hybridized carbons (Fsp3) is 0.467. The minimum atomic E-state index is -0.962. The van der Waals surface area contributed by atoms with Gasteiger partial charge in [0.15, 0.2) is 0 Å². The van der Waals surface area contributed by atoms with Gasteiger partial charge in [-0.25, -0.2) is 9.59 Å². The average molecular weight is 294 g/mol. The molecule has 0 heterocycles. The van der Waals surface area contributed by atoms with Gasteiger partial charge in [0.1, 0.15) is 0 Å². The summed E-state index contributed by atoms with van der Waals surface area (Å²) in [5.74, 6) is -0.962. The molecule has 6 nitrogen and oxygen atoms in total. The Hall–Kier alpha value is -2.08. The number of ether oxygens (including phenoxy) is 1. The lowest BCUT2D eigenvalue weighted by Gasteiger charge is -2.26. The molecule has 0 aromatic heterocycles. The van der Waals surface area contributed by atoms with Crippen molar-refractivity contribution < 1.29 is 19.4 Å². The summed E-state index contributed by atoms with van der Waals surface area (Å²) >= 11 is 0. The van der Waals surface area contributed by atoms with Crippen molar-refractivity contribution in [1.29, 1.82) is 0 Å². The van der Waals surface area contributed by atoms with Crippen LogP contribution >= 0.6 is 0 Å². The molecule has 0 unspecified atom stereocenters. The Morgan fingerprint density at radius 1 is 1.29 bits per heavy atom. The van der Waals surface area contributed by atoms with E-state index in [9.17, 15) is 9.59 Å². The molecular weight excluding hydrogens is 272 g/mol. The van der Waals surface area contributed by atoms with E-state index in [2.05, 4.69) is 5.32 Å². The van der Waals surface area contributed by atoms with Gasteiger partial charge in [-0.15, -0.1) is 0 Å². The monoisotopic (exact) mass is 294 g/mol. The van der Waals surface area contributed by atoms with Gasteiger partial charge < -0.3 is 20.1 Å².